The second-order valence-electron chi connectivity index (χ2n) is 5.75. The number of aromatic nitrogens is 1. The molecular formula is C18H22N4OS. The maximum atomic E-state index is 12.5. The lowest BCUT2D eigenvalue weighted by Crippen LogP contribution is -2.49. The van der Waals surface area contributed by atoms with Gasteiger partial charge >= 0.3 is 6.03 Å². The highest BCUT2D eigenvalue weighted by Crippen LogP contribution is 2.25. The zero-order chi connectivity index (χ0) is 16.8. The van der Waals surface area contributed by atoms with Crippen LogP contribution in [0.15, 0.2) is 53.7 Å². The maximum absolute atomic E-state index is 12.5. The van der Waals surface area contributed by atoms with Crippen molar-refractivity contribution in [3.05, 3.63) is 54.4 Å². The van der Waals surface area contributed by atoms with Crippen molar-refractivity contribution in [1.29, 1.82) is 0 Å². The van der Waals surface area contributed by atoms with Crippen molar-refractivity contribution >= 4 is 23.5 Å². The number of nitrogens with one attached hydrogen (secondary N) is 1. The smallest absolute Gasteiger partial charge is 0.321 e. The Morgan fingerprint density at radius 2 is 1.83 bits per heavy atom. The van der Waals surface area contributed by atoms with E-state index >= 15 is 0 Å². The van der Waals surface area contributed by atoms with Crippen LogP contribution in [0.25, 0.3) is 0 Å². The molecule has 2 aromatic rings. The van der Waals surface area contributed by atoms with Gasteiger partial charge in [0, 0.05) is 50.0 Å². The lowest BCUT2D eigenvalue weighted by atomic mass is 10.2. The first-order valence-corrected chi connectivity index (χ1v) is 9.29. The fourth-order valence-electron chi connectivity index (χ4n) is 2.80. The fourth-order valence-corrected chi connectivity index (χ4v) is 3.35. The molecule has 0 atom stereocenters. The van der Waals surface area contributed by atoms with Gasteiger partial charge in [-0.15, -0.1) is 11.8 Å². The number of carbonyl (C=O) groups is 1. The maximum Gasteiger partial charge on any atom is 0.321 e. The molecule has 126 valence electrons. The highest BCUT2D eigenvalue weighted by atomic mass is 32.2. The summed E-state index contributed by atoms with van der Waals surface area (Å²) in [5.41, 5.74) is 2.14. The molecule has 1 aromatic carbocycles. The van der Waals surface area contributed by atoms with Gasteiger partial charge in [0.1, 0.15) is 0 Å². The molecule has 6 heteroatoms. The van der Waals surface area contributed by atoms with Crippen LogP contribution in [-0.2, 0) is 6.54 Å². The largest absolute Gasteiger partial charge is 0.322 e. The number of carbonyl (C=O) groups excluding carboxylic acids is 1. The second kappa shape index (κ2) is 8.17. The topological polar surface area (TPSA) is 48.5 Å². The molecule has 2 amide bonds. The third kappa shape index (κ3) is 4.27. The van der Waals surface area contributed by atoms with Gasteiger partial charge in [-0.1, -0.05) is 12.1 Å². The molecule has 0 aliphatic carbocycles. The molecule has 5 nitrogen and oxygen atoms in total. The molecular weight excluding hydrogens is 320 g/mol. The van der Waals surface area contributed by atoms with Crippen molar-refractivity contribution in [3.63, 3.8) is 0 Å². The Morgan fingerprint density at radius 3 is 2.54 bits per heavy atom. The Balaban J connectivity index is 1.52. The quantitative estimate of drug-likeness (QED) is 0.867. The van der Waals surface area contributed by atoms with Gasteiger partial charge in [0.2, 0.25) is 0 Å². The normalized spacial score (nSPS) is 15.3. The number of pyridine rings is 1. The summed E-state index contributed by atoms with van der Waals surface area (Å²) in [6.07, 6.45) is 5.66. The molecule has 1 N–H and O–H groups in total. The molecule has 1 aromatic heterocycles. The number of piperazine rings is 1. The summed E-state index contributed by atoms with van der Waals surface area (Å²) in [6.45, 7) is 4.18. The molecule has 1 saturated heterocycles. The van der Waals surface area contributed by atoms with E-state index in [-0.39, 0.29) is 6.03 Å². The third-order valence-corrected chi connectivity index (χ3v) is 4.96. The van der Waals surface area contributed by atoms with Crippen LogP contribution in [0.1, 0.15) is 5.56 Å². The van der Waals surface area contributed by atoms with Gasteiger partial charge < -0.3 is 10.2 Å². The van der Waals surface area contributed by atoms with Crippen LogP contribution < -0.4 is 5.32 Å². The molecule has 0 saturated carbocycles. The van der Waals surface area contributed by atoms with E-state index in [1.54, 1.807) is 11.8 Å². The van der Waals surface area contributed by atoms with Crippen molar-refractivity contribution in [2.24, 2.45) is 0 Å². The molecule has 1 aliphatic heterocycles. The van der Waals surface area contributed by atoms with Gasteiger partial charge in [-0.3, -0.25) is 9.88 Å². The van der Waals surface area contributed by atoms with Gasteiger partial charge in [-0.25, -0.2) is 4.79 Å². The number of benzene rings is 1. The van der Waals surface area contributed by atoms with E-state index in [4.69, 9.17) is 0 Å². The Kier molecular flexibility index (Phi) is 5.72. The molecule has 0 radical (unpaired) electrons. The number of urea groups is 1. The monoisotopic (exact) mass is 342 g/mol. The van der Waals surface area contributed by atoms with E-state index < -0.39 is 0 Å². The summed E-state index contributed by atoms with van der Waals surface area (Å²) in [5.74, 6) is 0. The zero-order valence-electron chi connectivity index (χ0n) is 13.8. The Bertz CT molecular complexity index is 672. The van der Waals surface area contributed by atoms with E-state index in [0.717, 1.165) is 43.3 Å². The highest BCUT2D eigenvalue weighted by Gasteiger charge is 2.21. The van der Waals surface area contributed by atoms with Gasteiger partial charge in [0.15, 0.2) is 0 Å². The number of amides is 2. The van der Waals surface area contributed by atoms with Crippen LogP contribution in [0.2, 0.25) is 0 Å². The Morgan fingerprint density at radius 1 is 1.12 bits per heavy atom. The highest BCUT2D eigenvalue weighted by molar-refractivity contribution is 7.98. The summed E-state index contributed by atoms with van der Waals surface area (Å²) >= 11 is 1.64. The number of anilines is 1. The molecule has 1 aliphatic rings. The molecule has 24 heavy (non-hydrogen) atoms. The van der Waals surface area contributed by atoms with Crippen LogP contribution >= 0.6 is 11.8 Å². The van der Waals surface area contributed by atoms with Crippen LogP contribution in [0.4, 0.5) is 10.5 Å². The van der Waals surface area contributed by atoms with Crippen LogP contribution in [-0.4, -0.2) is 53.2 Å². The first-order chi connectivity index (χ1) is 11.8. The van der Waals surface area contributed by atoms with Gasteiger partial charge in [0.05, 0.1) is 5.69 Å². The second-order valence-corrected chi connectivity index (χ2v) is 6.60. The fraction of sp³-hybridized carbons (Fsp3) is 0.333. The molecule has 0 bridgehead atoms. The van der Waals surface area contributed by atoms with E-state index in [1.165, 1.54) is 5.56 Å². The SMILES string of the molecule is CSc1ccccc1NC(=O)N1CCN(Cc2ccncc2)CC1. The number of thioether (sulfide) groups is 1. The summed E-state index contributed by atoms with van der Waals surface area (Å²) in [6, 6.07) is 12.0. The van der Waals surface area contributed by atoms with Crippen LogP contribution in [0, 0.1) is 0 Å². The van der Waals surface area contributed by atoms with E-state index in [1.807, 2.05) is 59.9 Å². The van der Waals surface area contributed by atoms with Gasteiger partial charge in [-0.05, 0) is 36.1 Å². The van der Waals surface area contributed by atoms with Gasteiger partial charge in [0.25, 0.3) is 0 Å². The minimum atomic E-state index is -0.0138. The lowest BCUT2D eigenvalue weighted by Gasteiger charge is -2.34. The zero-order valence-corrected chi connectivity index (χ0v) is 14.6. The first kappa shape index (κ1) is 16.8. The van der Waals surface area contributed by atoms with E-state index in [2.05, 4.69) is 15.2 Å². The molecule has 1 fully saturated rings. The first-order valence-electron chi connectivity index (χ1n) is 8.06. The van der Waals surface area contributed by atoms with Gasteiger partial charge in [-0.2, -0.15) is 0 Å². The van der Waals surface area contributed by atoms with Crippen LogP contribution in [0.5, 0.6) is 0 Å². The molecule has 2 heterocycles. The number of hydrogen-bond acceptors (Lipinski definition) is 4. The van der Waals surface area contributed by atoms with Crippen molar-refractivity contribution in [3.8, 4) is 0 Å². The van der Waals surface area contributed by atoms with Crippen molar-refractivity contribution in [2.45, 2.75) is 11.4 Å². The van der Waals surface area contributed by atoms with Crippen LogP contribution in [0.3, 0.4) is 0 Å². The lowest BCUT2D eigenvalue weighted by molar-refractivity contribution is 0.143. The number of hydrogen-bond donors (Lipinski definition) is 1. The van der Waals surface area contributed by atoms with Crippen molar-refractivity contribution < 1.29 is 4.79 Å². The minimum Gasteiger partial charge on any atom is -0.322 e. The van der Waals surface area contributed by atoms with E-state index in [0.29, 0.717) is 0 Å². The summed E-state index contributed by atoms with van der Waals surface area (Å²) in [7, 11) is 0. The van der Waals surface area contributed by atoms with Crippen molar-refractivity contribution in [2.75, 3.05) is 37.8 Å². The average Bonchev–Trinajstić information content (AvgIpc) is 2.63. The minimum absolute atomic E-state index is 0.0138. The predicted octanol–water partition coefficient (Wildman–Crippen LogP) is 3.15. The molecule has 0 unspecified atom stereocenters. The third-order valence-electron chi connectivity index (χ3n) is 4.16. The summed E-state index contributed by atoms with van der Waals surface area (Å²) in [4.78, 5) is 21.9. The standard InChI is InChI=1S/C18H22N4OS/c1-24-17-5-3-2-4-16(17)20-18(23)22-12-10-21(11-13-22)14-15-6-8-19-9-7-15/h2-9H,10-14H2,1H3,(H,20,23). The Labute approximate surface area is 147 Å². The average molecular weight is 342 g/mol. The number of rotatable bonds is 4. The summed E-state index contributed by atoms with van der Waals surface area (Å²) < 4.78 is 0. The van der Waals surface area contributed by atoms with E-state index in [9.17, 15) is 4.79 Å². The molecule has 0 spiro atoms. The Hall–Kier alpha value is -2.05. The van der Waals surface area contributed by atoms with Crippen molar-refractivity contribution in [1.82, 2.24) is 14.8 Å². The predicted molar refractivity (Wildman–Crippen MR) is 98.3 cm³/mol. The molecule has 3 rings (SSSR count). The number of nitrogens with zero attached hydrogens (tertiary/aromatic N) is 3. The summed E-state index contributed by atoms with van der Waals surface area (Å²) in [5, 5.41) is 3.04. The number of para-hydroxylation sites is 1.